The molecule has 32 heavy (non-hydrogen) atoms. The Kier molecular flexibility index (Phi) is 22.3. The van der Waals surface area contributed by atoms with Crippen LogP contribution in [0.1, 0.15) is 0 Å². The molecule has 4 unspecified atom stereocenters. The fourth-order valence-corrected chi connectivity index (χ4v) is 4.45. The summed E-state index contributed by atoms with van der Waals surface area (Å²) in [6.45, 7) is 0. The van der Waals surface area contributed by atoms with Gasteiger partial charge in [-0.25, -0.2) is 0 Å². The van der Waals surface area contributed by atoms with Crippen LogP contribution in [-0.4, -0.2) is 66.4 Å². The summed E-state index contributed by atoms with van der Waals surface area (Å²) in [4.78, 5) is 78.7. The van der Waals surface area contributed by atoms with Crippen LogP contribution in [0.25, 0.3) is 0 Å². The molecule has 0 heterocycles. The molecule has 26 heteroatoms. The maximum Gasteiger partial charge on any atom is 1.00 e. The second-order valence-corrected chi connectivity index (χ2v) is 9.73. The summed E-state index contributed by atoms with van der Waals surface area (Å²) in [5, 5.41) is 19.7. The van der Waals surface area contributed by atoms with Crippen molar-refractivity contribution in [1.82, 2.24) is 0 Å². The first-order chi connectivity index (χ1) is 12.2. The molecule has 168 valence electrons. The van der Waals surface area contributed by atoms with E-state index < -0.39 is 67.9 Å². The van der Waals surface area contributed by atoms with Gasteiger partial charge in [-0.1, -0.05) is 0 Å². The molecule has 1 aliphatic rings. The molecule has 10 atom stereocenters. The largest absolute Gasteiger partial charge is 1.00 e. The molecule has 0 saturated heterocycles. The minimum Gasteiger partial charge on any atom is -0.756 e. The Labute approximate surface area is 268 Å². The van der Waals surface area contributed by atoms with Gasteiger partial charge in [-0.2, -0.15) is 0 Å². The van der Waals surface area contributed by atoms with Gasteiger partial charge in [0.05, 0.1) is 0 Å². The van der Waals surface area contributed by atoms with Crippen molar-refractivity contribution in [3.8, 4) is 0 Å². The van der Waals surface area contributed by atoms with Gasteiger partial charge >= 0.3 is 118 Å². The van der Waals surface area contributed by atoms with Crippen LogP contribution in [-0.2, 0) is 36.4 Å². The molecule has 1 saturated carbocycles. The number of aliphatic hydroxyl groups excluding tert-OH is 2. The van der Waals surface area contributed by atoms with E-state index in [4.69, 9.17) is 19.6 Å². The molecule has 18 nitrogen and oxygen atoms in total. The van der Waals surface area contributed by atoms with E-state index in [1.54, 1.807) is 0 Å². The standard InChI is InChI=1S/C6H16O18P4.4Na/c7-1-2(8)4(22-26(12,13)14)6(24-28(18,19)20)5(23-27(15,16)17)3(1)21-25(9,10)11;;;;/h1-8H,(H2,9,10,11)(H2,12,13,14)(H2,15,16,17)(H2,18,19,20);;;;/q;4*+1/p-4/t1-,2+,3-,4-,5+,6+;;;;/m1..../s1. The van der Waals surface area contributed by atoms with Crippen molar-refractivity contribution >= 4 is 31.3 Å². The van der Waals surface area contributed by atoms with Gasteiger partial charge in [0.1, 0.15) is 36.6 Å². The van der Waals surface area contributed by atoms with E-state index in [0.29, 0.717) is 0 Å². The van der Waals surface area contributed by atoms with Gasteiger partial charge in [0.25, 0.3) is 31.3 Å². The zero-order valence-electron chi connectivity index (χ0n) is 16.8. The van der Waals surface area contributed by atoms with Crippen molar-refractivity contribution in [2.45, 2.75) is 36.6 Å². The SMILES string of the molecule is O=P([O-])(O)O[C@@H]1[C@@H](OP(=O)([O-])O)[C@H](OP(=O)([O-])O)[C@@H](O)[C@@H](O)[C@H]1OP(=O)([O-])O.[Na+].[Na+].[Na+].[Na+]. The zero-order valence-corrected chi connectivity index (χ0v) is 28.4. The predicted octanol–water partition coefficient (Wildman–Crippen LogP) is -17.9. The summed E-state index contributed by atoms with van der Waals surface area (Å²) < 4.78 is 59.3. The van der Waals surface area contributed by atoms with Gasteiger partial charge in [-0.15, -0.1) is 0 Å². The van der Waals surface area contributed by atoms with E-state index in [1.807, 2.05) is 0 Å². The Bertz CT molecular complexity index is 682. The summed E-state index contributed by atoms with van der Waals surface area (Å²) >= 11 is 0. The number of aliphatic hydroxyl groups is 2. The van der Waals surface area contributed by atoms with Crippen LogP contribution in [0.5, 0.6) is 0 Å². The number of hydrogen-bond acceptors (Lipinski definition) is 14. The Morgan fingerprint density at radius 1 is 0.469 bits per heavy atom. The van der Waals surface area contributed by atoms with Crippen molar-refractivity contribution in [1.29, 1.82) is 0 Å². The first-order valence-corrected chi connectivity index (χ1v) is 12.4. The topological polar surface area (TPSA) is 319 Å². The van der Waals surface area contributed by atoms with Crippen LogP contribution >= 0.6 is 31.3 Å². The van der Waals surface area contributed by atoms with Crippen LogP contribution in [0.4, 0.5) is 0 Å². The van der Waals surface area contributed by atoms with Crippen molar-refractivity contribution in [2.75, 3.05) is 0 Å². The quantitative estimate of drug-likeness (QED) is 0.113. The Balaban J connectivity index is -0.000000980. The second-order valence-electron chi connectivity index (χ2n) is 5.14. The van der Waals surface area contributed by atoms with Crippen molar-refractivity contribution < 1.29 is 204 Å². The maximum absolute atomic E-state index is 11.0. The molecule has 0 radical (unpaired) electrons. The average Bonchev–Trinajstić information content (AvgIpc) is 2.39. The van der Waals surface area contributed by atoms with Crippen LogP contribution < -0.4 is 138 Å². The fraction of sp³-hybridized carbons (Fsp3) is 1.00. The second kappa shape index (κ2) is 16.5. The first kappa shape index (κ1) is 43.4. The summed E-state index contributed by atoms with van der Waals surface area (Å²) in [6, 6.07) is 0. The zero-order chi connectivity index (χ0) is 22.3. The van der Waals surface area contributed by atoms with Gasteiger partial charge in [0, 0.05) is 0 Å². The minimum absolute atomic E-state index is 0. The molecule has 0 aromatic carbocycles. The number of rotatable bonds is 8. The van der Waals surface area contributed by atoms with E-state index in [-0.39, 0.29) is 118 Å². The molecular weight excluding hydrogens is 576 g/mol. The van der Waals surface area contributed by atoms with Gasteiger partial charge < -0.3 is 67.5 Å². The Morgan fingerprint density at radius 2 is 0.625 bits per heavy atom. The third kappa shape index (κ3) is 16.4. The van der Waals surface area contributed by atoms with E-state index in [0.717, 1.165) is 0 Å². The molecule has 1 aliphatic carbocycles. The van der Waals surface area contributed by atoms with Crippen LogP contribution in [0.2, 0.25) is 0 Å². The molecular formula is C6H12Na4O18P4. The number of phosphoric ester groups is 4. The summed E-state index contributed by atoms with van der Waals surface area (Å²) in [7, 11) is -23.7. The van der Waals surface area contributed by atoms with Crippen LogP contribution in [0, 0.1) is 0 Å². The van der Waals surface area contributed by atoms with E-state index >= 15 is 0 Å². The average molecular weight is 588 g/mol. The fourth-order valence-electron chi connectivity index (χ4n) is 2.25. The molecule has 0 amide bonds. The van der Waals surface area contributed by atoms with E-state index in [2.05, 4.69) is 18.1 Å². The molecule has 1 fully saturated rings. The monoisotopic (exact) mass is 588 g/mol. The summed E-state index contributed by atoms with van der Waals surface area (Å²) in [5.74, 6) is 0. The van der Waals surface area contributed by atoms with Crippen molar-refractivity contribution in [2.24, 2.45) is 0 Å². The maximum atomic E-state index is 11.0. The molecule has 0 spiro atoms. The van der Waals surface area contributed by atoms with Crippen LogP contribution in [0.3, 0.4) is 0 Å². The third-order valence-corrected chi connectivity index (χ3v) is 5.05. The summed E-state index contributed by atoms with van der Waals surface area (Å²) in [6.07, 6.45) is -16.7. The smallest absolute Gasteiger partial charge is 0.756 e. The van der Waals surface area contributed by atoms with E-state index in [9.17, 15) is 48.0 Å². The van der Waals surface area contributed by atoms with Crippen molar-refractivity contribution in [3.05, 3.63) is 0 Å². The van der Waals surface area contributed by atoms with Crippen LogP contribution in [0.15, 0.2) is 0 Å². The Hall–Kier alpha value is 4.36. The first-order valence-electron chi connectivity index (χ1n) is 6.45. The van der Waals surface area contributed by atoms with E-state index in [1.165, 1.54) is 0 Å². The van der Waals surface area contributed by atoms with Gasteiger partial charge in [0.2, 0.25) is 0 Å². The normalized spacial score (nSPS) is 34.9. The van der Waals surface area contributed by atoms with Gasteiger partial charge in [-0.05, 0) is 0 Å². The molecule has 0 bridgehead atoms. The number of phosphoric acid groups is 4. The molecule has 0 aliphatic heterocycles. The molecule has 1 rings (SSSR count). The van der Waals surface area contributed by atoms with Crippen molar-refractivity contribution in [3.63, 3.8) is 0 Å². The van der Waals surface area contributed by atoms with Gasteiger partial charge in [0.15, 0.2) is 0 Å². The molecule has 0 aromatic rings. The Morgan fingerprint density at radius 3 is 0.781 bits per heavy atom. The van der Waals surface area contributed by atoms with Gasteiger partial charge in [-0.3, -0.25) is 18.3 Å². The molecule has 6 N–H and O–H groups in total. The third-order valence-electron chi connectivity index (χ3n) is 3.01. The number of hydrogen-bond donors (Lipinski definition) is 6. The predicted molar refractivity (Wildman–Crippen MR) is 70.8 cm³/mol. The minimum atomic E-state index is -5.98. The summed E-state index contributed by atoms with van der Waals surface area (Å²) in [5.41, 5.74) is 0. The molecule has 0 aromatic heterocycles.